The molecule has 2 aliphatic rings. The van der Waals surface area contributed by atoms with Crippen LogP contribution in [0.4, 0.5) is 8.78 Å². The van der Waals surface area contributed by atoms with Gasteiger partial charge in [0.15, 0.2) is 6.10 Å². The number of benzene rings is 1. The van der Waals surface area contributed by atoms with E-state index in [0.29, 0.717) is 30.7 Å². The Morgan fingerprint density at radius 1 is 1.13 bits per heavy atom. The SMILES string of the molecule is O=C1CCC(Oc2ccc(C3CCNCC3(F)F)cc2)C(=O)N1. The Balaban J connectivity index is 1.67. The first kappa shape index (κ1) is 15.9. The third-order valence-corrected chi connectivity index (χ3v) is 4.23. The van der Waals surface area contributed by atoms with E-state index in [1.807, 2.05) is 0 Å². The molecule has 2 amide bonds. The normalized spacial score (nSPS) is 27.4. The minimum atomic E-state index is -2.77. The maximum Gasteiger partial charge on any atom is 0.267 e. The van der Waals surface area contributed by atoms with Crippen molar-refractivity contribution in [3.8, 4) is 5.75 Å². The van der Waals surface area contributed by atoms with E-state index < -0.39 is 23.9 Å². The third-order valence-electron chi connectivity index (χ3n) is 4.23. The summed E-state index contributed by atoms with van der Waals surface area (Å²) in [5.41, 5.74) is 0.562. The summed E-state index contributed by atoms with van der Waals surface area (Å²) in [6.07, 6.45) is 0.202. The first-order valence-corrected chi connectivity index (χ1v) is 7.64. The number of amides is 2. The number of carbonyl (C=O) groups is 2. The molecule has 2 atom stereocenters. The summed E-state index contributed by atoms with van der Waals surface area (Å²) in [5.74, 6) is -3.92. The van der Waals surface area contributed by atoms with Crippen LogP contribution in [0, 0.1) is 0 Å². The van der Waals surface area contributed by atoms with Crippen molar-refractivity contribution in [3.63, 3.8) is 0 Å². The van der Waals surface area contributed by atoms with Crippen LogP contribution in [0.1, 0.15) is 30.7 Å². The molecule has 0 radical (unpaired) electrons. The first-order valence-electron chi connectivity index (χ1n) is 7.64. The topological polar surface area (TPSA) is 67.4 Å². The lowest BCUT2D eigenvalue weighted by atomic mass is 9.87. The van der Waals surface area contributed by atoms with Crippen molar-refractivity contribution < 1.29 is 23.1 Å². The Morgan fingerprint density at radius 2 is 1.87 bits per heavy atom. The molecule has 23 heavy (non-hydrogen) atoms. The molecule has 2 aliphatic heterocycles. The monoisotopic (exact) mass is 324 g/mol. The van der Waals surface area contributed by atoms with Gasteiger partial charge in [0.2, 0.25) is 5.91 Å². The number of piperidine rings is 2. The van der Waals surface area contributed by atoms with Gasteiger partial charge < -0.3 is 10.1 Å². The van der Waals surface area contributed by atoms with E-state index in [2.05, 4.69) is 10.6 Å². The van der Waals surface area contributed by atoms with Crippen LogP contribution >= 0.6 is 0 Å². The minimum absolute atomic E-state index is 0.232. The van der Waals surface area contributed by atoms with Crippen molar-refractivity contribution in [2.24, 2.45) is 0 Å². The van der Waals surface area contributed by atoms with Gasteiger partial charge in [0, 0.05) is 12.8 Å². The maximum absolute atomic E-state index is 13.9. The van der Waals surface area contributed by atoms with Crippen LogP contribution in [0.3, 0.4) is 0 Å². The van der Waals surface area contributed by atoms with E-state index >= 15 is 0 Å². The van der Waals surface area contributed by atoms with Gasteiger partial charge in [0.1, 0.15) is 5.75 Å². The van der Waals surface area contributed by atoms with Gasteiger partial charge in [-0.05, 0) is 30.7 Å². The van der Waals surface area contributed by atoms with Crippen molar-refractivity contribution in [2.75, 3.05) is 13.1 Å². The predicted octanol–water partition coefficient (Wildman–Crippen LogP) is 1.58. The van der Waals surface area contributed by atoms with E-state index in [9.17, 15) is 18.4 Å². The Bertz CT molecular complexity index is 604. The molecule has 0 bridgehead atoms. The number of hydrogen-bond donors (Lipinski definition) is 2. The molecule has 0 aliphatic carbocycles. The molecule has 124 valence electrons. The summed E-state index contributed by atoms with van der Waals surface area (Å²) in [6.45, 7) is 0.251. The molecule has 5 nitrogen and oxygen atoms in total. The molecule has 2 heterocycles. The molecule has 2 fully saturated rings. The molecule has 3 rings (SSSR count). The van der Waals surface area contributed by atoms with Crippen LogP contribution in [0.15, 0.2) is 24.3 Å². The highest BCUT2D eigenvalue weighted by atomic mass is 19.3. The van der Waals surface area contributed by atoms with Gasteiger partial charge in [-0.25, -0.2) is 8.78 Å². The number of carbonyl (C=O) groups excluding carboxylic acids is 2. The van der Waals surface area contributed by atoms with Crippen molar-refractivity contribution in [1.82, 2.24) is 10.6 Å². The van der Waals surface area contributed by atoms with E-state index in [-0.39, 0.29) is 18.9 Å². The summed E-state index contributed by atoms with van der Waals surface area (Å²) >= 11 is 0. The lowest BCUT2D eigenvalue weighted by Crippen LogP contribution is -2.46. The zero-order valence-corrected chi connectivity index (χ0v) is 12.5. The van der Waals surface area contributed by atoms with Crippen molar-refractivity contribution in [1.29, 1.82) is 0 Å². The lowest BCUT2D eigenvalue weighted by Gasteiger charge is -2.32. The smallest absolute Gasteiger partial charge is 0.267 e. The first-order chi connectivity index (χ1) is 11.0. The van der Waals surface area contributed by atoms with Crippen LogP contribution in [-0.2, 0) is 9.59 Å². The van der Waals surface area contributed by atoms with Crippen LogP contribution in [0.25, 0.3) is 0 Å². The van der Waals surface area contributed by atoms with Gasteiger partial charge in [-0.1, -0.05) is 12.1 Å². The second-order valence-electron chi connectivity index (χ2n) is 5.91. The minimum Gasteiger partial charge on any atom is -0.481 e. The largest absolute Gasteiger partial charge is 0.481 e. The predicted molar refractivity (Wildman–Crippen MR) is 78.4 cm³/mol. The molecular formula is C16H18F2N2O3. The Labute approximate surface area is 132 Å². The number of hydrogen-bond acceptors (Lipinski definition) is 4. The highest BCUT2D eigenvalue weighted by molar-refractivity contribution is 5.99. The van der Waals surface area contributed by atoms with Crippen molar-refractivity contribution in [2.45, 2.75) is 37.2 Å². The van der Waals surface area contributed by atoms with Gasteiger partial charge in [0.05, 0.1) is 12.5 Å². The number of rotatable bonds is 3. The summed E-state index contributed by atoms with van der Waals surface area (Å²) in [4.78, 5) is 22.7. The number of nitrogens with one attached hydrogen (secondary N) is 2. The third kappa shape index (κ3) is 3.50. The van der Waals surface area contributed by atoms with E-state index in [1.165, 1.54) is 0 Å². The van der Waals surface area contributed by atoms with Gasteiger partial charge in [0.25, 0.3) is 11.8 Å². The van der Waals surface area contributed by atoms with E-state index in [1.54, 1.807) is 24.3 Å². The number of alkyl halides is 2. The average molecular weight is 324 g/mol. The summed E-state index contributed by atoms with van der Waals surface area (Å²) < 4.78 is 33.4. The van der Waals surface area contributed by atoms with E-state index in [4.69, 9.17) is 4.74 Å². The number of ether oxygens (including phenoxy) is 1. The summed E-state index contributed by atoms with van der Waals surface area (Å²) in [7, 11) is 0. The average Bonchev–Trinajstić information content (AvgIpc) is 2.51. The van der Waals surface area contributed by atoms with Gasteiger partial charge in [-0.3, -0.25) is 14.9 Å². The summed E-state index contributed by atoms with van der Waals surface area (Å²) in [6, 6.07) is 6.42. The van der Waals surface area contributed by atoms with Crippen LogP contribution in [0.2, 0.25) is 0 Å². The second kappa shape index (κ2) is 6.23. The van der Waals surface area contributed by atoms with Crippen LogP contribution in [-0.4, -0.2) is 36.9 Å². The lowest BCUT2D eigenvalue weighted by molar-refractivity contribution is -0.138. The molecule has 2 saturated heterocycles. The maximum atomic E-state index is 13.9. The fraction of sp³-hybridized carbons (Fsp3) is 0.500. The quantitative estimate of drug-likeness (QED) is 0.829. The van der Waals surface area contributed by atoms with Crippen LogP contribution < -0.4 is 15.4 Å². The van der Waals surface area contributed by atoms with Crippen LogP contribution in [0.5, 0.6) is 5.75 Å². The second-order valence-corrected chi connectivity index (χ2v) is 5.91. The van der Waals surface area contributed by atoms with Gasteiger partial charge in [-0.15, -0.1) is 0 Å². The molecule has 1 aromatic carbocycles. The molecule has 1 aromatic rings. The molecule has 0 spiro atoms. The zero-order chi connectivity index (χ0) is 16.4. The summed E-state index contributed by atoms with van der Waals surface area (Å²) in [5, 5.41) is 4.92. The van der Waals surface area contributed by atoms with Gasteiger partial charge in [-0.2, -0.15) is 0 Å². The fourth-order valence-corrected chi connectivity index (χ4v) is 2.98. The van der Waals surface area contributed by atoms with Gasteiger partial charge >= 0.3 is 0 Å². The molecular weight excluding hydrogens is 306 g/mol. The Hall–Kier alpha value is -2.02. The molecule has 0 saturated carbocycles. The highest BCUT2D eigenvalue weighted by Gasteiger charge is 2.42. The molecule has 2 unspecified atom stereocenters. The Morgan fingerprint density at radius 3 is 2.52 bits per heavy atom. The zero-order valence-electron chi connectivity index (χ0n) is 12.5. The molecule has 0 aromatic heterocycles. The highest BCUT2D eigenvalue weighted by Crippen LogP contribution is 2.38. The molecule has 2 N–H and O–H groups in total. The number of halogens is 2. The molecule has 7 heteroatoms. The number of imide groups is 1. The standard InChI is InChI=1S/C16H18F2N2O3/c17-16(18)9-19-8-7-12(16)10-1-3-11(4-2-10)23-13-5-6-14(21)20-15(13)22/h1-4,12-13,19H,5-9H2,(H,20,21,22). The Kier molecular flexibility index (Phi) is 4.30. The van der Waals surface area contributed by atoms with E-state index in [0.717, 1.165) is 0 Å². The van der Waals surface area contributed by atoms with Crippen molar-refractivity contribution in [3.05, 3.63) is 29.8 Å². The van der Waals surface area contributed by atoms with Crippen molar-refractivity contribution >= 4 is 11.8 Å². The fourth-order valence-electron chi connectivity index (χ4n) is 2.98.